The number of aliphatic carboxylic acids is 1. The molecule has 51 heavy (non-hydrogen) atoms. The molecular formula is C41H46N2O7S. The number of carbonyl (C=O) groups excluding carboxylic acids is 2. The Morgan fingerprint density at radius 1 is 0.784 bits per heavy atom. The third kappa shape index (κ3) is 12.1. The fourth-order valence-corrected chi connectivity index (χ4v) is 6.90. The van der Waals surface area contributed by atoms with E-state index in [1.54, 1.807) is 11.8 Å². The van der Waals surface area contributed by atoms with Crippen LogP contribution in [0.3, 0.4) is 0 Å². The van der Waals surface area contributed by atoms with E-state index in [4.69, 9.17) is 14.6 Å². The predicted molar refractivity (Wildman–Crippen MR) is 199 cm³/mol. The molecule has 1 fully saturated rings. The molecule has 0 aliphatic carbocycles. The second-order valence-corrected chi connectivity index (χ2v) is 13.9. The number of aliphatic hydroxyl groups is 1. The molecule has 0 spiro atoms. The number of carboxylic acids is 1. The standard InChI is InChI=1S/C41H46N2O7S/c1-28(45)43-35-18-20-37(21-19-35)51-27-36-24-38(31-16-14-29(26-44)15-17-31)50-41(49-36)34-11-7-10-33(23-34)32-9-6-8-30(22-32)25-42-39(46)12-4-2-3-5-13-40(47)48/h6-11,14-23,36,38,41,44H,2-5,12-13,24-27H2,1H3,(H,42,46)(H,43,45)(H,47,48). The van der Waals surface area contributed by atoms with Crippen molar-refractivity contribution in [2.24, 2.45) is 0 Å². The number of hydrogen-bond acceptors (Lipinski definition) is 7. The molecule has 2 amide bonds. The van der Waals surface area contributed by atoms with E-state index in [9.17, 15) is 19.5 Å². The van der Waals surface area contributed by atoms with Crippen LogP contribution in [0.1, 0.15) is 86.5 Å². The fraction of sp³-hybridized carbons (Fsp3) is 0.341. The number of anilines is 1. The van der Waals surface area contributed by atoms with Gasteiger partial charge < -0.3 is 30.3 Å². The SMILES string of the molecule is CC(=O)Nc1ccc(SCC2CC(c3ccc(CO)cc3)OC(c3cccc(-c4cccc(CNC(=O)CCCCCCC(=O)O)c4)c3)O2)cc1. The minimum Gasteiger partial charge on any atom is -0.481 e. The molecule has 9 nitrogen and oxygen atoms in total. The third-order valence-corrected chi connectivity index (χ3v) is 9.82. The lowest BCUT2D eigenvalue weighted by Gasteiger charge is -2.36. The van der Waals surface area contributed by atoms with Gasteiger partial charge in [-0.15, -0.1) is 11.8 Å². The Bertz CT molecular complexity index is 1750. The van der Waals surface area contributed by atoms with Crippen molar-refractivity contribution >= 4 is 35.2 Å². The summed E-state index contributed by atoms with van der Waals surface area (Å²) < 4.78 is 13.2. The van der Waals surface area contributed by atoms with Crippen LogP contribution in [0, 0.1) is 0 Å². The average molecular weight is 711 g/mol. The fourth-order valence-electron chi connectivity index (χ4n) is 5.98. The second-order valence-electron chi connectivity index (χ2n) is 12.8. The molecule has 3 unspecified atom stereocenters. The first kappa shape index (κ1) is 37.8. The Balaban J connectivity index is 1.24. The molecule has 3 atom stereocenters. The minimum atomic E-state index is -0.781. The number of nitrogens with one attached hydrogen (secondary N) is 2. The summed E-state index contributed by atoms with van der Waals surface area (Å²) in [4.78, 5) is 35.6. The third-order valence-electron chi connectivity index (χ3n) is 8.68. The average Bonchev–Trinajstić information content (AvgIpc) is 3.15. The van der Waals surface area contributed by atoms with E-state index in [1.807, 2.05) is 78.9 Å². The van der Waals surface area contributed by atoms with E-state index >= 15 is 0 Å². The number of unbranched alkanes of at least 4 members (excludes halogenated alkanes) is 3. The van der Waals surface area contributed by atoms with Crippen LogP contribution >= 0.6 is 11.8 Å². The molecule has 0 radical (unpaired) electrons. The van der Waals surface area contributed by atoms with Gasteiger partial charge in [0.15, 0.2) is 6.29 Å². The van der Waals surface area contributed by atoms with Crippen molar-refractivity contribution in [3.8, 4) is 11.1 Å². The quantitative estimate of drug-likeness (QED) is 0.0637. The Labute approximate surface area is 303 Å². The highest BCUT2D eigenvalue weighted by atomic mass is 32.2. The highest BCUT2D eigenvalue weighted by Gasteiger charge is 2.32. The van der Waals surface area contributed by atoms with Crippen LogP contribution in [0.2, 0.25) is 0 Å². The number of aliphatic hydroxyl groups excluding tert-OH is 1. The molecule has 268 valence electrons. The minimum absolute atomic E-state index is 0.0116. The lowest BCUT2D eigenvalue weighted by Crippen LogP contribution is -2.31. The van der Waals surface area contributed by atoms with Gasteiger partial charge in [0.25, 0.3) is 0 Å². The van der Waals surface area contributed by atoms with Gasteiger partial charge in [-0.2, -0.15) is 0 Å². The maximum absolute atomic E-state index is 12.4. The van der Waals surface area contributed by atoms with Crippen molar-refractivity contribution in [3.05, 3.63) is 119 Å². The van der Waals surface area contributed by atoms with Crippen molar-refractivity contribution in [1.82, 2.24) is 5.32 Å². The Hall–Kier alpha value is -4.48. The maximum atomic E-state index is 12.4. The maximum Gasteiger partial charge on any atom is 0.303 e. The zero-order chi connectivity index (χ0) is 36.0. The van der Waals surface area contributed by atoms with Crippen LogP contribution in [0.5, 0.6) is 0 Å². The van der Waals surface area contributed by atoms with Crippen LogP contribution < -0.4 is 10.6 Å². The van der Waals surface area contributed by atoms with Gasteiger partial charge in [-0.25, -0.2) is 0 Å². The van der Waals surface area contributed by atoms with Crippen molar-refractivity contribution in [3.63, 3.8) is 0 Å². The molecular weight excluding hydrogens is 665 g/mol. The largest absolute Gasteiger partial charge is 0.481 e. The molecule has 10 heteroatoms. The monoisotopic (exact) mass is 710 g/mol. The van der Waals surface area contributed by atoms with Gasteiger partial charge in [-0.05, 0) is 77.1 Å². The molecule has 1 aliphatic heterocycles. The molecule has 1 heterocycles. The molecule has 4 aromatic carbocycles. The van der Waals surface area contributed by atoms with E-state index < -0.39 is 12.3 Å². The summed E-state index contributed by atoms with van der Waals surface area (Å²) in [7, 11) is 0. The number of benzene rings is 4. The van der Waals surface area contributed by atoms with Crippen molar-refractivity contribution < 1.29 is 34.1 Å². The van der Waals surface area contributed by atoms with Crippen LogP contribution in [0.15, 0.2) is 102 Å². The van der Waals surface area contributed by atoms with Gasteiger partial charge in [0.1, 0.15) is 0 Å². The Morgan fingerprint density at radius 3 is 2.20 bits per heavy atom. The van der Waals surface area contributed by atoms with Crippen LogP contribution in [0.4, 0.5) is 5.69 Å². The molecule has 0 bridgehead atoms. The van der Waals surface area contributed by atoms with Gasteiger partial charge in [0.05, 0.1) is 18.8 Å². The summed E-state index contributed by atoms with van der Waals surface area (Å²) in [5.41, 5.74) is 6.55. The molecule has 1 aliphatic rings. The van der Waals surface area contributed by atoms with Gasteiger partial charge in [-0.3, -0.25) is 14.4 Å². The first-order valence-corrected chi connectivity index (χ1v) is 18.4. The number of rotatable bonds is 17. The van der Waals surface area contributed by atoms with Crippen molar-refractivity contribution in [2.75, 3.05) is 11.1 Å². The highest BCUT2D eigenvalue weighted by Crippen LogP contribution is 2.40. The van der Waals surface area contributed by atoms with Gasteiger partial charge >= 0.3 is 5.97 Å². The highest BCUT2D eigenvalue weighted by molar-refractivity contribution is 7.99. The zero-order valence-electron chi connectivity index (χ0n) is 28.9. The van der Waals surface area contributed by atoms with Crippen LogP contribution in [0.25, 0.3) is 11.1 Å². The zero-order valence-corrected chi connectivity index (χ0v) is 29.7. The number of hydrogen-bond donors (Lipinski definition) is 4. The molecule has 0 saturated carbocycles. The number of thioether (sulfide) groups is 1. The predicted octanol–water partition coefficient (Wildman–Crippen LogP) is 8.18. The number of amides is 2. The van der Waals surface area contributed by atoms with Gasteiger partial charge in [0.2, 0.25) is 11.8 Å². The van der Waals surface area contributed by atoms with Crippen molar-refractivity contribution in [2.45, 2.75) is 88.4 Å². The van der Waals surface area contributed by atoms with Crippen LogP contribution in [-0.2, 0) is 37.0 Å². The number of carboxylic acid groups (broad SMARTS) is 1. The van der Waals surface area contributed by atoms with E-state index in [-0.39, 0.29) is 37.0 Å². The first-order valence-electron chi connectivity index (χ1n) is 17.4. The molecule has 0 aromatic heterocycles. The van der Waals surface area contributed by atoms with Gasteiger partial charge in [0, 0.05) is 54.6 Å². The first-order chi connectivity index (χ1) is 24.7. The number of ether oxygens (including phenoxy) is 2. The van der Waals surface area contributed by atoms with Crippen LogP contribution in [-0.4, -0.2) is 39.9 Å². The van der Waals surface area contributed by atoms with Gasteiger partial charge in [-0.1, -0.05) is 73.5 Å². The topological polar surface area (TPSA) is 134 Å². The van der Waals surface area contributed by atoms with E-state index in [2.05, 4.69) is 28.8 Å². The molecule has 5 rings (SSSR count). The summed E-state index contributed by atoms with van der Waals surface area (Å²) in [6.07, 6.45) is 3.39. The molecule has 4 N–H and O–H groups in total. The lowest BCUT2D eigenvalue weighted by atomic mass is 9.99. The normalized spacial score (nSPS) is 17.1. The summed E-state index contributed by atoms with van der Waals surface area (Å²) in [5, 5.41) is 24.1. The molecule has 1 saturated heterocycles. The number of carbonyl (C=O) groups is 3. The second kappa shape index (κ2) is 19.2. The summed E-state index contributed by atoms with van der Waals surface area (Å²) in [6, 6.07) is 31.9. The van der Waals surface area contributed by atoms with E-state index in [0.717, 1.165) is 63.2 Å². The Morgan fingerprint density at radius 2 is 1.49 bits per heavy atom. The summed E-state index contributed by atoms with van der Waals surface area (Å²) in [5.74, 6) is -0.187. The van der Waals surface area contributed by atoms with Crippen molar-refractivity contribution in [1.29, 1.82) is 0 Å². The van der Waals surface area contributed by atoms with E-state index in [1.165, 1.54) is 6.92 Å². The summed E-state index contributed by atoms with van der Waals surface area (Å²) in [6.45, 7) is 1.90. The summed E-state index contributed by atoms with van der Waals surface area (Å²) >= 11 is 1.70. The molecule has 4 aromatic rings. The smallest absolute Gasteiger partial charge is 0.303 e. The van der Waals surface area contributed by atoms with E-state index in [0.29, 0.717) is 31.6 Å². The lowest BCUT2D eigenvalue weighted by molar-refractivity contribution is -0.245. The Kier molecular flexibility index (Phi) is 14.2.